The van der Waals surface area contributed by atoms with Crippen molar-refractivity contribution >= 4 is 0 Å². The van der Waals surface area contributed by atoms with E-state index in [1.807, 2.05) is 7.11 Å². The fraction of sp³-hybridized carbons (Fsp3) is 1.00. The highest BCUT2D eigenvalue weighted by Gasteiger charge is 2.62. The van der Waals surface area contributed by atoms with Gasteiger partial charge >= 0.3 is 0 Å². The van der Waals surface area contributed by atoms with Gasteiger partial charge in [-0.3, -0.25) is 0 Å². The third-order valence-electron chi connectivity index (χ3n) is 11.7. The van der Waals surface area contributed by atoms with E-state index in [0.717, 1.165) is 41.9 Å². The lowest BCUT2D eigenvalue weighted by Gasteiger charge is -2.63. The van der Waals surface area contributed by atoms with Crippen LogP contribution in [0.15, 0.2) is 0 Å². The summed E-state index contributed by atoms with van der Waals surface area (Å²) in [7, 11) is 2.00. The molecule has 9 unspecified atom stereocenters. The van der Waals surface area contributed by atoms with E-state index in [9.17, 15) is 5.11 Å². The maximum absolute atomic E-state index is 10.4. The van der Waals surface area contributed by atoms with Crippen LogP contribution < -0.4 is 0 Å². The fourth-order valence-corrected chi connectivity index (χ4v) is 9.96. The predicted octanol–water partition coefficient (Wildman–Crippen LogP) is 7.48. The Morgan fingerprint density at radius 1 is 0.935 bits per heavy atom. The van der Waals surface area contributed by atoms with Crippen molar-refractivity contribution < 1.29 is 9.84 Å². The maximum atomic E-state index is 10.4. The average molecular weight is 433 g/mol. The first-order chi connectivity index (χ1) is 14.8. The summed E-state index contributed by atoms with van der Waals surface area (Å²) >= 11 is 0. The van der Waals surface area contributed by atoms with Gasteiger partial charge in [-0.15, -0.1) is 0 Å². The molecular formula is C29H52O2. The summed E-state index contributed by atoms with van der Waals surface area (Å²) in [6, 6.07) is 0. The first kappa shape index (κ1) is 24.1. The van der Waals surface area contributed by atoms with Gasteiger partial charge in [0.2, 0.25) is 0 Å². The minimum absolute atomic E-state index is 0.128. The van der Waals surface area contributed by atoms with Crippen LogP contribution in [0.5, 0.6) is 0 Å². The molecule has 0 spiro atoms. The van der Waals surface area contributed by atoms with E-state index in [2.05, 4.69) is 34.6 Å². The largest absolute Gasteiger partial charge is 0.393 e. The van der Waals surface area contributed by atoms with Crippen LogP contribution in [0.25, 0.3) is 0 Å². The lowest BCUT2D eigenvalue weighted by Crippen LogP contribution is -2.57. The number of ether oxygens (including phenoxy) is 1. The molecule has 4 aliphatic rings. The molecule has 0 amide bonds. The smallest absolute Gasteiger partial charge is 0.0607 e. The molecule has 2 heteroatoms. The van der Waals surface area contributed by atoms with Crippen LogP contribution in [0.1, 0.15) is 112 Å². The minimum Gasteiger partial charge on any atom is -0.393 e. The first-order valence-electron chi connectivity index (χ1n) is 14.0. The zero-order valence-electron chi connectivity index (χ0n) is 21.5. The van der Waals surface area contributed by atoms with E-state index >= 15 is 0 Å². The quantitative estimate of drug-likeness (QED) is 0.452. The van der Waals surface area contributed by atoms with E-state index in [-0.39, 0.29) is 6.10 Å². The number of aliphatic hydroxyl groups is 1. The maximum Gasteiger partial charge on any atom is 0.0607 e. The molecule has 31 heavy (non-hydrogen) atoms. The molecule has 0 bridgehead atoms. The molecular weight excluding hydrogens is 380 g/mol. The van der Waals surface area contributed by atoms with Crippen LogP contribution in [0.3, 0.4) is 0 Å². The summed E-state index contributed by atoms with van der Waals surface area (Å²) in [5, 5.41) is 10.4. The lowest BCUT2D eigenvalue weighted by molar-refractivity contribution is -0.170. The molecule has 0 heterocycles. The van der Waals surface area contributed by atoms with Crippen LogP contribution in [0.4, 0.5) is 0 Å². The van der Waals surface area contributed by atoms with E-state index in [4.69, 9.17) is 4.74 Å². The van der Waals surface area contributed by atoms with E-state index < -0.39 is 0 Å². The summed E-state index contributed by atoms with van der Waals surface area (Å²) in [4.78, 5) is 0. The standard InChI is InChI=1S/C29H52O2/c1-7-29-17-15-23-21(18-27(31-6)25-10-8-9-16-28(23,25)5)24(29)13-12-22(29)20(4)11-14-26(30)19(2)3/h19-27,30H,7-18H2,1-6H3/t20-,21?,22?,23?,24?,25?,26?,27?,28?,29?/m1/s1. The molecule has 2 nitrogen and oxygen atoms in total. The first-order valence-corrected chi connectivity index (χ1v) is 14.0. The van der Waals surface area contributed by atoms with Gasteiger partial charge in [0.25, 0.3) is 0 Å². The molecule has 0 saturated heterocycles. The highest BCUT2D eigenvalue weighted by molar-refractivity contribution is 5.12. The molecule has 4 aliphatic carbocycles. The number of methoxy groups -OCH3 is 1. The van der Waals surface area contributed by atoms with Crippen molar-refractivity contribution in [1.82, 2.24) is 0 Å². The SMILES string of the molecule is CCC12CCC3C(CC(OC)C4CCCCC43C)C1CCC2[C@H](C)CCC(O)C(C)C. The average Bonchev–Trinajstić information content (AvgIpc) is 3.16. The molecule has 0 radical (unpaired) electrons. The topological polar surface area (TPSA) is 29.5 Å². The van der Waals surface area contributed by atoms with Gasteiger partial charge in [0, 0.05) is 7.11 Å². The third kappa shape index (κ3) is 3.94. The second-order valence-electron chi connectivity index (χ2n) is 12.9. The van der Waals surface area contributed by atoms with Gasteiger partial charge in [-0.1, -0.05) is 47.5 Å². The van der Waals surface area contributed by atoms with Gasteiger partial charge in [0.1, 0.15) is 0 Å². The van der Waals surface area contributed by atoms with E-state index in [1.54, 1.807) is 0 Å². The van der Waals surface area contributed by atoms with Crippen LogP contribution in [-0.4, -0.2) is 24.4 Å². The summed E-state index contributed by atoms with van der Waals surface area (Å²) < 4.78 is 6.22. The highest BCUT2D eigenvalue weighted by Crippen LogP contribution is 2.69. The van der Waals surface area contributed by atoms with Gasteiger partial charge in [0.15, 0.2) is 0 Å². The van der Waals surface area contributed by atoms with E-state index in [1.165, 1.54) is 70.6 Å². The highest BCUT2D eigenvalue weighted by atomic mass is 16.5. The van der Waals surface area contributed by atoms with Crippen molar-refractivity contribution in [3.05, 3.63) is 0 Å². The van der Waals surface area contributed by atoms with Gasteiger partial charge in [-0.25, -0.2) is 0 Å². The molecule has 180 valence electrons. The predicted molar refractivity (Wildman–Crippen MR) is 130 cm³/mol. The van der Waals surface area contributed by atoms with Gasteiger partial charge in [0.05, 0.1) is 12.2 Å². The Hall–Kier alpha value is -0.0800. The van der Waals surface area contributed by atoms with Crippen molar-refractivity contribution in [2.24, 2.45) is 52.3 Å². The Kier molecular flexibility index (Phi) is 7.20. The number of hydrogen-bond acceptors (Lipinski definition) is 2. The molecule has 10 atom stereocenters. The third-order valence-corrected chi connectivity index (χ3v) is 11.7. The van der Waals surface area contributed by atoms with Crippen molar-refractivity contribution in [2.45, 2.75) is 124 Å². The van der Waals surface area contributed by atoms with Crippen LogP contribution in [0.2, 0.25) is 0 Å². The minimum atomic E-state index is -0.128. The summed E-state index contributed by atoms with van der Waals surface area (Å²) in [6.07, 6.45) is 16.8. The van der Waals surface area contributed by atoms with Crippen LogP contribution in [-0.2, 0) is 4.74 Å². The molecule has 4 rings (SSSR count). The monoisotopic (exact) mass is 432 g/mol. The number of aliphatic hydroxyl groups excluding tert-OH is 1. The van der Waals surface area contributed by atoms with Crippen molar-refractivity contribution in [3.63, 3.8) is 0 Å². The van der Waals surface area contributed by atoms with Crippen LogP contribution >= 0.6 is 0 Å². The Bertz CT molecular complexity index is 602. The fourth-order valence-electron chi connectivity index (χ4n) is 9.96. The summed E-state index contributed by atoms with van der Waals surface area (Å²) in [6.45, 7) is 12.0. The Morgan fingerprint density at radius 3 is 2.39 bits per heavy atom. The van der Waals surface area contributed by atoms with Crippen LogP contribution in [0, 0.1) is 52.3 Å². The summed E-state index contributed by atoms with van der Waals surface area (Å²) in [5.74, 6) is 5.53. The molecule has 0 aromatic heterocycles. The lowest BCUT2D eigenvalue weighted by atomic mass is 9.43. The molecule has 4 saturated carbocycles. The summed E-state index contributed by atoms with van der Waals surface area (Å²) in [5.41, 5.74) is 1.08. The Balaban J connectivity index is 1.55. The zero-order valence-corrected chi connectivity index (χ0v) is 21.5. The Labute approximate surface area is 193 Å². The second-order valence-corrected chi connectivity index (χ2v) is 12.9. The van der Waals surface area contributed by atoms with Crippen molar-refractivity contribution in [3.8, 4) is 0 Å². The zero-order chi connectivity index (χ0) is 22.4. The Morgan fingerprint density at radius 2 is 1.71 bits per heavy atom. The number of fused-ring (bicyclic) bond motifs is 5. The second kappa shape index (κ2) is 9.28. The molecule has 1 N–H and O–H groups in total. The molecule has 0 aromatic carbocycles. The molecule has 0 aliphatic heterocycles. The van der Waals surface area contributed by atoms with Crippen molar-refractivity contribution in [2.75, 3.05) is 7.11 Å². The molecule has 4 fully saturated rings. The number of rotatable bonds is 7. The van der Waals surface area contributed by atoms with Gasteiger partial charge in [-0.05, 0) is 116 Å². The molecule has 0 aromatic rings. The van der Waals surface area contributed by atoms with Crippen molar-refractivity contribution in [1.29, 1.82) is 0 Å². The van der Waals surface area contributed by atoms with Gasteiger partial charge < -0.3 is 9.84 Å². The normalized spacial score (nSPS) is 46.8. The van der Waals surface area contributed by atoms with Gasteiger partial charge in [-0.2, -0.15) is 0 Å². The number of hydrogen-bond donors (Lipinski definition) is 1. The van der Waals surface area contributed by atoms with E-state index in [0.29, 0.717) is 22.9 Å².